The minimum Gasteiger partial charge on any atom is -0.463 e. The Balaban J connectivity index is 2.51. The van der Waals surface area contributed by atoms with Gasteiger partial charge in [0.25, 0.3) is 0 Å². The average molecular weight is 224 g/mol. The molecule has 2 nitrogen and oxygen atoms in total. The lowest BCUT2D eigenvalue weighted by Crippen LogP contribution is -1.74. The molecule has 2 rings (SSSR count). The van der Waals surface area contributed by atoms with Crippen molar-refractivity contribution in [2.75, 3.05) is 0 Å². The third-order valence-electron chi connectivity index (χ3n) is 1.56. The van der Waals surface area contributed by atoms with E-state index in [1.165, 1.54) is 0 Å². The van der Waals surface area contributed by atoms with E-state index >= 15 is 0 Å². The minimum atomic E-state index is 0.845. The lowest BCUT2D eigenvalue weighted by molar-refractivity contribution is 0.581. The SMILES string of the molecule is Brc1ccoc1-c1ccncc1. The van der Waals surface area contributed by atoms with Crippen molar-refractivity contribution in [3.05, 3.63) is 41.3 Å². The van der Waals surface area contributed by atoms with E-state index in [0.717, 1.165) is 15.8 Å². The average Bonchev–Trinajstić information content (AvgIpc) is 2.53. The maximum atomic E-state index is 5.28. The molecule has 0 radical (unpaired) electrons. The van der Waals surface area contributed by atoms with E-state index in [-0.39, 0.29) is 0 Å². The van der Waals surface area contributed by atoms with Gasteiger partial charge in [-0.3, -0.25) is 4.98 Å². The Bertz CT molecular complexity index is 369. The first kappa shape index (κ1) is 7.55. The molecule has 2 aromatic heterocycles. The Kier molecular flexibility index (Phi) is 1.96. The van der Waals surface area contributed by atoms with Gasteiger partial charge in [-0.15, -0.1) is 0 Å². The Morgan fingerprint density at radius 3 is 2.50 bits per heavy atom. The summed E-state index contributed by atoms with van der Waals surface area (Å²) in [4.78, 5) is 3.93. The van der Waals surface area contributed by atoms with Crippen molar-refractivity contribution >= 4 is 15.9 Å². The van der Waals surface area contributed by atoms with Gasteiger partial charge in [-0.05, 0) is 34.1 Å². The van der Waals surface area contributed by atoms with Gasteiger partial charge in [-0.25, -0.2) is 0 Å². The van der Waals surface area contributed by atoms with Gasteiger partial charge in [0.05, 0.1) is 10.7 Å². The fraction of sp³-hybridized carbons (Fsp3) is 0. The Morgan fingerprint density at radius 1 is 1.17 bits per heavy atom. The third kappa shape index (κ3) is 1.28. The number of pyridine rings is 1. The van der Waals surface area contributed by atoms with Crippen molar-refractivity contribution in [3.63, 3.8) is 0 Å². The fourth-order valence-corrected chi connectivity index (χ4v) is 1.43. The van der Waals surface area contributed by atoms with Crippen LogP contribution < -0.4 is 0 Å². The van der Waals surface area contributed by atoms with Gasteiger partial charge in [0.1, 0.15) is 5.76 Å². The first-order valence-corrected chi connectivity index (χ1v) is 4.30. The van der Waals surface area contributed by atoms with Crippen LogP contribution in [0.25, 0.3) is 11.3 Å². The second-order valence-electron chi connectivity index (χ2n) is 2.33. The predicted molar refractivity (Wildman–Crippen MR) is 49.6 cm³/mol. The van der Waals surface area contributed by atoms with Crippen LogP contribution in [0, 0.1) is 0 Å². The lowest BCUT2D eigenvalue weighted by atomic mass is 10.2. The van der Waals surface area contributed by atoms with E-state index in [9.17, 15) is 0 Å². The van der Waals surface area contributed by atoms with Gasteiger partial charge in [-0.1, -0.05) is 0 Å². The van der Waals surface area contributed by atoms with Gasteiger partial charge in [0, 0.05) is 18.0 Å². The van der Waals surface area contributed by atoms with Crippen LogP contribution in [0.3, 0.4) is 0 Å². The zero-order valence-electron chi connectivity index (χ0n) is 6.20. The molecule has 60 valence electrons. The lowest BCUT2D eigenvalue weighted by Gasteiger charge is -1.94. The van der Waals surface area contributed by atoms with E-state index in [4.69, 9.17) is 4.42 Å². The number of rotatable bonds is 1. The largest absolute Gasteiger partial charge is 0.463 e. The van der Waals surface area contributed by atoms with Crippen LogP contribution in [-0.2, 0) is 0 Å². The summed E-state index contributed by atoms with van der Waals surface area (Å²) in [7, 11) is 0. The predicted octanol–water partition coefficient (Wildman–Crippen LogP) is 3.10. The van der Waals surface area contributed by atoms with E-state index in [1.54, 1.807) is 18.7 Å². The molecular weight excluding hydrogens is 218 g/mol. The summed E-state index contributed by atoms with van der Waals surface area (Å²) in [5.74, 6) is 0.845. The molecule has 0 N–H and O–H groups in total. The molecule has 0 atom stereocenters. The fourth-order valence-electron chi connectivity index (χ4n) is 1.00. The molecule has 0 aliphatic heterocycles. The summed E-state index contributed by atoms with van der Waals surface area (Å²) < 4.78 is 6.24. The smallest absolute Gasteiger partial charge is 0.148 e. The highest BCUT2D eigenvalue weighted by atomic mass is 79.9. The number of nitrogens with zero attached hydrogens (tertiary/aromatic N) is 1. The molecule has 0 fully saturated rings. The van der Waals surface area contributed by atoms with Crippen LogP contribution in [-0.4, -0.2) is 4.98 Å². The van der Waals surface area contributed by atoms with Crippen molar-refractivity contribution in [3.8, 4) is 11.3 Å². The van der Waals surface area contributed by atoms with Crippen LogP contribution in [0.4, 0.5) is 0 Å². The van der Waals surface area contributed by atoms with E-state index < -0.39 is 0 Å². The zero-order valence-corrected chi connectivity index (χ0v) is 7.78. The Labute approximate surface area is 78.4 Å². The maximum absolute atomic E-state index is 5.28. The van der Waals surface area contributed by atoms with Gasteiger partial charge in [-0.2, -0.15) is 0 Å². The Morgan fingerprint density at radius 2 is 1.92 bits per heavy atom. The van der Waals surface area contributed by atoms with Crippen molar-refractivity contribution in [2.24, 2.45) is 0 Å². The molecule has 0 saturated heterocycles. The molecule has 0 bridgehead atoms. The molecule has 3 heteroatoms. The first-order valence-electron chi connectivity index (χ1n) is 3.51. The summed E-state index contributed by atoms with van der Waals surface area (Å²) in [6.45, 7) is 0. The molecule has 2 heterocycles. The van der Waals surface area contributed by atoms with Gasteiger partial charge in [0.15, 0.2) is 0 Å². The third-order valence-corrected chi connectivity index (χ3v) is 2.18. The van der Waals surface area contributed by atoms with Crippen LogP contribution in [0.5, 0.6) is 0 Å². The van der Waals surface area contributed by atoms with Gasteiger partial charge < -0.3 is 4.42 Å². The van der Waals surface area contributed by atoms with Gasteiger partial charge >= 0.3 is 0 Å². The number of hydrogen-bond acceptors (Lipinski definition) is 2. The van der Waals surface area contributed by atoms with Gasteiger partial charge in [0.2, 0.25) is 0 Å². The highest BCUT2D eigenvalue weighted by Crippen LogP contribution is 2.28. The Hall–Kier alpha value is -1.09. The summed E-state index contributed by atoms with van der Waals surface area (Å²) >= 11 is 3.39. The molecule has 12 heavy (non-hydrogen) atoms. The van der Waals surface area contributed by atoms with E-state index in [0.29, 0.717) is 0 Å². The summed E-state index contributed by atoms with van der Waals surface area (Å²) in [5.41, 5.74) is 1.03. The number of halogens is 1. The molecule has 0 aliphatic carbocycles. The van der Waals surface area contributed by atoms with Crippen molar-refractivity contribution in [1.82, 2.24) is 4.98 Å². The maximum Gasteiger partial charge on any atom is 0.148 e. The van der Waals surface area contributed by atoms with Crippen LogP contribution in [0.1, 0.15) is 0 Å². The molecule has 0 aromatic carbocycles. The highest BCUT2D eigenvalue weighted by molar-refractivity contribution is 9.10. The number of furan rings is 1. The van der Waals surface area contributed by atoms with Crippen LogP contribution >= 0.6 is 15.9 Å². The first-order chi connectivity index (χ1) is 5.88. The summed E-state index contributed by atoms with van der Waals surface area (Å²) in [5, 5.41) is 0. The molecule has 2 aromatic rings. The number of hydrogen-bond donors (Lipinski definition) is 0. The monoisotopic (exact) mass is 223 g/mol. The van der Waals surface area contributed by atoms with Crippen molar-refractivity contribution in [2.45, 2.75) is 0 Å². The second kappa shape index (κ2) is 3.11. The van der Waals surface area contributed by atoms with Crippen molar-refractivity contribution in [1.29, 1.82) is 0 Å². The molecule has 0 aliphatic rings. The zero-order chi connectivity index (χ0) is 8.39. The van der Waals surface area contributed by atoms with Crippen molar-refractivity contribution < 1.29 is 4.42 Å². The minimum absolute atomic E-state index is 0.845. The van der Waals surface area contributed by atoms with E-state index in [2.05, 4.69) is 20.9 Å². The van der Waals surface area contributed by atoms with E-state index in [1.807, 2.05) is 18.2 Å². The molecule has 0 amide bonds. The van der Waals surface area contributed by atoms with Crippen LogP contribution in [0.2, 0.25) is 0 Å². The highest BCUT2D eigenvalue weighted by Gasteiger charge is 2.04. The topological polar surface area (TPSA) is 26.0 Å². The summed E-state index contributed by atoms with van der Waals surface area (Å²) in [6.07, 6.45) is 5.13. The molecule has 0 unspecified atom stereocenters. The standard InChI is InChI=1S/C9H6BrNO/c10-8-3-6-12-9(8)7-1-4-11-5-2-7/h1-6H. The normalized spacial score (nSPS) is 10.1. The van der Waals surface area contributed by atoms with Crippen LogP contribution in [0.15, 0.2) is 45.7 Å². The summed E-state index contributed by atoms with van der Waals surface area (Å²) in [6, 6.07) is 5.68. The second-order valence-corrected chi connectivity index (χ2v) is 3.19. The number of aromatic nitrogens is 1. The molecule has 0 spiro atoms. The molecule has 0 saturated carbocycles. The quantitative estimate of drug-likeness (QED) is 0.743. The molecular formula is C9H6BrNO.